The Labute approximate surface area is 153 Å². The van der Waals surface area contributed by atoms with E-state index in [4.69, 9.17) is 10.5 Å². The van der Waals surface area contributed by atoms with Gasteiger partial charge in [-0.2, -0.15) is 9.97 Å². The van der Waals surface area contributed by atoms with Crippen LogP contribution in [-0.4, -0.2) is 27.0 Å². The molecule has 3 aromatic heterocycles. The molecule has 8 nitrogen and oxygen atoms in total. The number of rotatable bonds is 5. The van der Waals surface area contributed by atoms with E-state index in [1.807, 2.05) is 6.07 Å². The van der Waals surface area contributed by atoms with Gasteiger partial charge in [0.1, 0.15) is 23.0 Å². The molecule has 3 heterocycles. The van der Waals surface area contributed by atoms with Gasteiger partial charge < -0.3 is 26.1 Å². The molecule has 0 saturated carbocycles. The van der Waals surface area contributed by atoms with Crippen LogP contribution in [0.1, 0.15) is 0 Å². The van der Waals surface area contributed by atoms with Crippen LogP contribution in [0, 0.1) is 5.82 Å². The molecule has 1 aromatic carbocycles. The molecule has 0 fully saturated rings. The van der Waals surface area contributed by atoms with Crippen molar-refractivity contribution in [2.45, 2.75) is 0 Å². The molecule has 27 heavy (non-hydrogen) atoms. The van der Waals surface area contributed by atoms with E-state index in [9.17, 15) is 4.39 Å². The number of halogens is 1. The molecule has 0 amide bonds. The van der Waals surface area contributed by atoms with Crippen LogP contribution in [0.25, 0.3) is 11.0 Å². The second-order valence-electron chi connectivity index (χ2n) is 5.67. The molecule has 0 aliphatic heterocycles. The maximum atomic E-state index is 14.5. The van der Waals surface area contributed by atoms with Gasteiger partial charge in [-0.05, 0) is 24.3 Å². The first-order valence-electron chi connectivity index (χ1n) is 8.11. The number of H-pyrrole nitrogens is 1. The van der Waals surface area contributed by atoms with Gasteiger partial charge in [0.2, 0.25) is 5.95 Å². The largest absolute Gasteiger partial charge is 0.453 e. The van der Waals surface area contributed by atoms with Gasteiger partial charge in [-0.1, -0.05) is 0 Å². The van der Waals surface area contributed by atoms with E-state index in [0.29, 0.717) is 28.7 Å². The van der Waals surface area contributed by atoms with Crippen LogP contribution >= 0.6 is 0 Å². The van der Waals surface area contributed by atoms with Gasteiger partial charge in [0, 0.05) is 37.3 Å². The number of nitrogens with zero attached hydrogens (tertiary/aromatic N) is 3. The Kier molecular flexibility index (Phi) is 4.17. The van der Waals surface area contributed by atoms with Gasteiger partial charge in [-0.15, -0.1) is 0 Å². The molecule has 0 atom stereocenters. The predicted octanol–water partition coefficient (Wildman–Crippen LogP) is 3.65. The minimum absolute atomic E-state index is 0.104. The molecule has 0 spiro atoms. The molecule has 5 N–H and O–H groups in total. The van der Waals surface area contributed by atoms with Gasteiger partial charge in [-0.25, -0.2) is 9.37 Å². The molecule has 4 rings (SSSR count). The molecule has 9 heteroatoms. The van der Waals surface area contributed by atoms with E-state index in [2.05, 4.69) is 30.6 Å². The molecule has 0 unspecified atom stereocenters. The molecule has 4 aromatic rings. The second-order valence-corrected chi connectivity index (χ2v) is 5.67. The lowest BCUT2D eigenvalue weighted by Gasteiger charge is -2.11. The first-order valence-corrected chi connectivity index (χ1v) is 8.11. The van der Waals surface area contributed by atoms with E-state index in [1.165, 1.54) is 6.07 Å². The average Bonchev–Trinajstić information content (AvgIpc) is 3.13. The molecule has 0 saturated heterocycles. The zero-order chi connectivity index (χ0) is 18.8. The zero-order valence-corrected chi connectivity index (χ0v) is 14.3. The van der Waals surface area contributed by atoms with Crippen LogP contribution in [0.2, 0.25) is 0 Å². The molecule has 0 bridgehead atoms. The fraction of sp³-hybridized carbons (Fsp3) is 0.0556. The summed E-state index contributed by atoms with van der Waals surface area (Å²) >= 11 is 0. The third-order valence-electron chi connectivity index (χ3n) is 3.84. The van der Waals surface area contributed by atoms with Crippen molar-refractivity contribution in [1.82, 2.24) is 19.9 Å². The number of fused-ring (bicyclic) bond motifs is 1. The van der Waals surface area contributed by atoms with Crippen molar-refractivity contribution in [3.63, 3.8) is 0 Å². The van der Waals surface area contributed by atoms with Gasteiger partial charge in [-0.3, -0.25) is 0 Å². The Morgan fingerprint density at radius 1 is 1.07 bits per heavy atom. The first-order chi connectivity index (χ1) is 13.1. The number of hydrogen-bond donors (Lipinski definition) is 4. The maximum absolute atomic E-state index is 14.5. The molecule has 0 aliphatic carbocycles. The summed E-state index contributed by atoms with van der Waals surface area (Å²) in [7, 11) is 1.72. The van der Waals surface area contributed by atoms with E-state index in [1.54, 1.807) is 43.7 Å². The van der Waals surface area contributed by atoms with Crippen molar-refractivity contribution in [3.05, 3.63) is 54.6 Å². The predicted molar refractivity (Wildman–Crippen MR) is 102 cm³/mol. The lowest BCUT2D eigenvalue weighted by molar-refractivity contribution is 0.446. The van der Waals surface area contributed by atoms with Gasteiger partial charge >= 0.3 is 0 Å². The van der Waals surface area contributed by atoms with E-state index in [0.717, 1.165) is 5.39 Å². The van der Waals surface area contributed by atoms with Crippen molar-refractivity contribution in [3.8, 4) is 11.5 Å². The average molecular weight is 365 g/mol. The van der Waals surface area contributed by atoms with Crippen molar-refractivity contribution < 1.29 is 9.13 Å². The number of nitrogens with two attached hydrogens (primary N) is 1. The molecular weight excluding hydrogens is 349 g/mol. The third-order valence-corrected chi connectivity index (χ3v) is 3.84. The number of nitrogens with one attached hydrogen (secondary N) is 3. The summed E-state index contributed by atoms with van der Waals surface area (Å²) in [6.45, 7) is 0. The molecular formula is C18H16FN7O. The topological polar surface area (TPSA) is 114 Å². The number of aromatic nitrogens is 4. The van der Waals surface area contributed by atoms with Crippen molar-refractivity contribution in [1.29, 1.82) is 0 Å². The number of pyridine rings is 1. The number of aromatic amines is 1. The molecule has 0 aliphatic rings. The summed E-state index contributed by atoms with van der Waals surface area (Å²) in [6.07, 6.45) is 3.35. The number of hydrogen-bond acceptors (Lipinski definition) is 7. The highest BCUT2D eigenvalue weighted by atomic mass is 19.1. The smallest absolute Gasteiger partial charge is 0.223 e. The number of nitrogen functional groups attached to an aromatic ring is 1. The lowest BCUT2D eigenvalue weighted by Crippen LogP contribution is -2.03. The first kappa shape index (κ1) is 16.6. The third kappa shape index (κ3) is 3.43. The molecule has 0 radical (unpaired) electrons. The van der Waals surface area contributed by atoms with Crippen LogP contribution in [0.4, 0.5) is 27.7 Å². The zero-order valence-electron chi connectivity index (χ0n) is 14.3. The SMILES string of the molecule is CNc1cc(Nc2ccc(Oc3ccnc4[nH]ccc34)c(F)c2)nc(N)n1. The Balaban J connectivity index is 1.58. The van der Waals surface area contributed by atoms with Crippen molar-refractivity contribution in [2.24, 2.45) is 0 Å². The van der Waals surface area contributed by atoms with Crippen LogP contribution in [0.5, 0.6) is 11.5 Å². The van der Waals surface area contributed by atoms with Crippen molar-refractivity contribution in [2.75, 3.05) is 23.4 Å². The lowest BCUT2D eigenvalue weighted by atomic mass is 10.2. The van der Waals surface area contributed by atoms with E-state index < -0.39 is 5.82 Å². The Morgan fingerprint density at radius 3 is 2.74 bits per heavy atom. The second kappa shape index (κ2) is 6.79. The Bertz CT molecular complexity index is 1110. The fourth-order valence-corrected chi connectivity index (χ4v) is 2.61. The normalized spacial score (nSPS) is 10.7. The Morgan fingerprint density at radius 2 is 1.93 bits per heavy atom. The summed E-state index contributed by atoms with van der Waals surface area (Å²) in [4.78, 5) is 15.3. The van der Waals surface area contributed by atoms with Gasteiger partial charge in [0.15, 0.2) is 11.6 Å². The summed E-state index contributed by atoms with van der Waals surface area (Å²) in [5.41, 5.74) is 6.84. The minimum Gasteiger partial charge on any atom is -0.453 e. The number of ether oxygens (including phenoxy) is 1. The fourth-order valence-electron chi connectivity index (χ4n) is 2.61. The summed E-state index contributed by atoms with van der Waals surface area (Å²) in [6, 6.07) is 9.72. The minimum atomic E-state index is -0.517. The highest BCUT2D eigenvalue weighted by Gasteiger charge is 2.10. The van der Waals surface area contributed by atoms with Crippen molar-refractivity contribution >= 4 is 34.3 Å². The summed E-state index contributed by atoms with van der Waals surface area (Å²) in [5, 5.41) is 6.65. The van der Waals surface area contributed by atoms with Gasteiger partial charge in [0.05, 0.1) is 5.39 Å². The van der Waals surface area contributed by atoms with Crippen LogP contribution < -0.4 is 21.1 Å². The molecule has 136 valence electrons. The highest BCUT2D eigenvalue weighted by molar-refractivity contribution is 5.82. The van der Waals surface area contributed by atoms with E-state index >= 15 is 0 Å². The highest BCUT2D eigenvalue weighted by Crippen LogP contribution is 2.31. The standard InChI is InChI=1S/C18H16FN7O/c1-21-15-9-16(26-18(20)25-15)24-10-2-3-14(12(19)8-10)27-13-5-7-23-17-11(13)4-6-22-17/h2-9H,1H3,(H,22,23)(H4,20,21,24,25,26). The van der Waals surface area contributed by atoms with Crippen LogP contribution in [-0.2, 0) is 0 Å². The van der Waals surface area contributed by atoms with Crippen LogP contribution in [0.15, 0.2) is 48.8 Å². The van der Waals surface area contributed by atoms with Crippen LogP contribution in [0.3, 0.4) is 0 Å². The maximum Gasteiger partial charge on any atom is 0.223 e. The monoisotopic (exact) mass is 365 g/mol. The Hall–Kier alpha value is -3.88. The quantitative estimate of drug-likeness (QED) is 0.427. The summed E-state index contributed by atoms with van der Waals surface area (Å²) < 4.78 is 20.3. The summed E-state index contributed by atoms with van der Waals surface area (Å²) in [5.74, 6) is 1.21. The van der Waals surface area contributed by atoms with Gasteiger partial charge in [0.25, 0.3) is 0 Å². The van der Waals surface area contributed by atoms with E-state index in [-0.39, 0.29) is 11.7 Å². The number of anilines is 4. The number of benzene rings is 1.